The van der Waals surface area contributed by atoms with Gasteiger partial charge in [-0.15, -0.1) is 0 Å². The maximum absolute atomic E-state index is 12.3. The van der Waals surface area contributed by atoms with Gasteiger partial charge < -0.3 is 9.47 Å². The van der Waals surface area contributed by atoms with Crippen molar-refractivity contribution >= 4 is 11.9 Å². The molecule has 1 aliphatic heterocycles. The summed E-state index contributed by atoms with van der Waals surface area (Å²) >= 11 is 0. The van der Waals surface area contributed by atoms with Gasteiger partial charge >= 0.3 is 11.9 Å². The molecule has 1 aromatic rings. The summed E-state index contributed by atoms with van der Waals surface area (Å²) in [5.74, 6) is -0.330. The van der Waals surface area contributed by atoms with E-state index >= 15 is 0 Å². The molecule has 5 heteroatoms. The van der Waals surface area contributed by atoms with Crippen LogP contribution in [0.15, 0.2) is 30.3 Å². The molecule has 1 aromatic carbocycles. The monoisotopic (exact) mass is 333 g/mol. The Morgan fingerprint density at radius 2 is 1.79 bits per heavy atom. The minimum Gasteiger partial charge on any atom is -0.466 e. The third kappa shape index (κ3) is 5.06. The van der Waals surface area contributed by atoms with Crippen LogP contribution in [0.1, 0.15) is 45.1 Å². The quantitative estimate of drug-likeness (QED) is 0.685. The molecule has 24 heavy (non-hydrogen) atoms. The van der Waals surface area contributed by atoms with Crippen molar-refractivity contribution in [1.82, 2.24) is 4.90 Å². The van der Waals surface area contributed by atoms with E-state index in [1.807, 2.05) is 32.0 Å². The van der Waals surface area contributed by atoms with Crippen molar-refractivity contribution in [2.75, 3.05) is 13.2 Å². The summed E-state index contributed by atoms with van der Waals surface area (Å²) in [5, 5.41) is 0. The van der Waals surface area contributed by atoms with Crippen LogP contribution < -0.4 is 0 Å². The number of carbonyl (C=O) groups excluding carboxylic acids is 2. The molecule has 0 bridgehead atoms. The van der Waals surface area contributed by atoms with Crippen LogP contribution in [0.25, 0.3) is 0 Å². The molecule has 0 aliphatic carbocycles. The van der Waals surface area contributed by atoms with Crippen LogP contribution in [0.2, 0.25) is 0 Å². The van der Waals surface area contributed by atoms with E-state index in [1.165, 1.54) is 0 Å². The summed E-state index contributed by atoms with van der Waals surface area (Å²) in [5.41, 5.74) is 1.16. The van der Waals surface area contributed by atoms with Crippen molar-refractivity contribution in [3.05, 3.63) is 35.9 Å². The summed E-state index contributed by atoms with van der Waals surface area (Å²) in [6, 6.07) is 10.1. The molecule has 0 amide bonds. The normalized spacial score (nSPS) is 20.8. The molecule has 0 saturated carbocycles. The Kier molecular flexibility index (Phi) is 7.25. The van der Waals surface area contributed by atoms with Crippen LogP contribution in [0.3, 0.4) is 0 Å². The van der Waals surface area contributed by atoms with Gasteiger partial charge in [0, 0.05) is 19.0 Å². The van der Waals surface area contributed by atoms with E-state index in [4.69, 9.17) is 9.47 Å². The second-order valence-electron chi connectivity index (χ2n) is 6.00. The summed E-state index contributed by atoms with van der Waals surface area (Å²) in [6.07, 6.45) is 2.77. The van der Waals surface area contributed by atoms with Crippen LogP contribution >= 0.6 is 0 Å². The summed E-state index contributed by atoms with van der Waals surface area (Å²) < 4.78 is 10.3. The van der Waals surface area contributed by atoms with E-state index in [2.05, 4.69) is 17.0 Å². The topological polar surface area (TPSA) is 55.8 Å². The first-order valence-corrected chi connectivity index (χ1v) is 8.77. The first-order valence-electron chi connectivity index (χ1n) is 8.77. The summed E-state index contributed by atoms with van der Waals surface area (Å²) in [6.45, 7) is 5.13. The highest BCUT2D eigenvalue weighted by Gasteiger charge is 2.38. The molecule has 0 spiro atoms. The van der Waals surface area contributed by atoms with Crippen LogP contribution in [0.4, 0.5) is 0 Å². The second kappa shape index (κ2) is 9.42. The van der Waals surface area contributed by atoms with Gasteiger partial charge in [-0.3, -0.25) is 14.5 Å². The van der Waals surface area contributed by atoms with Gasteiger partial charge in [0.05, 0.1) is 13.2 Å². The molecule has 1 heterocycles. The summed E-state index contributed by atoms with van der Waals surface area (Å²) in [4.78, 5) is 26.1. The SMILES string of the molecule is CCOC(=O)CCC1CCC(C(=O)OCC)N1Cc1ccccc1. The lowest BCUT2D eigenvalue weighted by Crippen LogP contribution is -2.41. The predicted octanol–water partition coefficient (Wildman–Crippen LogP) is 2.93. The summed E-state index contributed by atoms with van der Waals surface area (Å²) in [7, 11) is 0. The predicted molar refractivity (Wildman–Crippen MR) is 91.3 cm³/mol. The van der Waals surface area contributed by atoms with Crippen molar-refractivity contribution < 1.29 is 19.1 Å². The van der Waals surface area contributed by atoms with E-state index in [-0.39, 0.29) is 24.0 Å². The Bertz CT molecular complexity index is 531. The standard InChI is InChI=1S/C19H27NO4/c1-3-23-18(21)13-11-16-10-12-17(19(22)24-4-2)20(16)14-15-8-6-5-7-9-15/h5-9,16-17H,3-4,10-14H2,1-2H3. The van der Waals surface area contributed by atoms with Gasteiger partial charge in [0.1, 0.15) is 6.04 Å². The zero-order valence-electron chi connectivity index (χ0n) is 14.6. The first-order chi connectivity index (χ1) is 11.7. The molecule has 2 rings (SSSR count). The molecule has 1 saturated heterocycles. The van der Waals surface area contributed by atoms with Gasteiger partial charge in [-0.2, -0.15) is 0 Å². The fourth-order valence-corrected chi connectivity index (χ4v) is 3.29. The highest BCUT2D eigenvalue weighted by molar-refractivity contribution is 5.76. The minimum absolute atomic E-state index is 0.160. The van der Waals surface area contributed by atoms with Gasteiger partial charge in [0.25, 0.3) is 0 Å². The molecule has 5 nitrogen and oxygen atoms in total. The number of ether oxygens (including phenoxy) is 2. The molecule has 1 aliphatic rings. The van der Waals surface area contributed by atoms with Gasteiger partial charge in [-0.25, -0.2) is 0 Å². The Morgan fingerprint density at radius 3 is 2.46 bits per heavy atom. The average Bonchev–Trinajstić information content (AvgIpc) is 2.97. The smallest absolute Gasteiger partial charge is 0.323 e. The van der Waals surface area contributed by atoms with E-state index in [0.29, 0.717) is 32.6 Å². The average molecular weight is 333 g/mol. The lowest BCUT2D eigenvalue weighted by Gasteiger charge is -2.29. The van der Waals surface area contributed by atoms with E-state index in [9.17, 15) is 9.59 Å². The number of likely N-dealkylation sites (tertiary alicyclic amines) is 1. The van der Waals surface area contributed by atoms with Crippen molar-refractivity contribution in [2.24, 2.45) is 0 Å². The van der Waals surface area contributed by atoms with E-state index < -0.39 is 0 Å². The molecule has 0 aromatic heterocycles. The molecule has 132 valence electrons. The molecule has 0 radical (unpaired) electrons. The Hall–Kier alpha value is -1.88. The zero-order valence-corrected chi connectivity index (χ0v) is 14.6. The third-order valence-electron chi connectivity index (χ3n) is 4.40. The van der Waals surface area contributed by atoms with Gasteiger partial charge in [0.2, 0.25) is 0 Å². The number of hydrogen-bond donors (Lipinski definition) is 0. The fourth-order valence-electron chi connectivity index (χ4n) is 3.29. The zero-order chi connectivity index (χ0) is 17.4. The molecule has 0 N–H and O–H groups in total. The number of rotatable bonds is 8. The number of nitrogens with zero attached hydrogens (tertiary/aromatic N) is 1. The maximum atomic E-state index is 12.3. The number of benzene rings is 1. The molecular formula is C19H27NO4. The van der Waals surface area contributed by atoms with E-state index in [0.717, 1.165) is 18.4 Å². The van der Waals surface area contributed by atoms with Crippen molar-refractivity contribution in [2.45, 2.75) is 58.2 Å². The van der Waals surface area contributed by atoms with E-state index in [1.54, 1.807) is 0 Å². The van der Waals surface area contributed by atoms with Crippen molar-refractivity contribution in [1.29, 1.82) is 0 Å². The number of hydrogen-bond acceptors (Lipinski definition) is 5. The molecule has 2 atom stereocenters. The number of esters is 2. The largest absolute Gasteiger partial charge is 0.466 e. The Morgan fingerprint density at radius 1 is 1.08 bits per heavy atom. The molecular weight excluding hydrogens is 306 g/mol. The van der Waals surface area contributed by atoms with Crippen LogP contribution in [0.5, 0.6) is 0 Å². The lowest BCUT2D eigenvalue weighted by molar-refractivity contribution is -0.149. The molecule has 2 unspecified atom stereocenters. The van der Waals surface area contributed by atoms with Crippen LogP contribution in [-0.2, 0) is 25.6 Å². The van der Waals surface area contributed by atoms with Crippen molar-refractivity contribution in [3.8, 4) is 0 Å². The van der Waals surface area contributed by atoms with Crippen LogP contribution in [0, 0.1) is 0 Å². The third-order valence-corrected chi connectivity index (χ3v) is 4.40. The maximum Gasteiger partial charge on any atom is 0.323 e. The Balaban J connectivity index is 2.04. The highest BCUT2D eigenvalue weighted by atomic mass is 16.5. The van der Waals surface area contributed by atoms with Crippen molar-refractivity contribution in [3.63, 3.8) is 0 Å². The highest BCUT2D eigenvalue weighted by Crippen LogP contribution is 2.30. The fraction of sp³-hybridized carbons (Fsp3) is 0.579. The first kappa shape index (κ1) is 18.5. The van der Waals surface area contributed by atoms with Crippen LogP contribution in [-0.4, -0.2) is 42.1 Å². The van der Waals surface area contributed by atoms with Gasteiger partial charge in [-0.1, -0.05) is 30.3 Å². The minimum atomic E-state index is -0.225. The lowest BCUT2D eigenvalue weighted by atomic mass is 10.1. The number of carbonyl (C=O) groups is 2. The second-order valence-corrected chi connectivity index (χ2v) is 6.00. The Labute approximate surface area is 143 Å². The molecule has 1 fully saturated rings. The van der Waals surface area contributed by atoms with Gasteiger partial charge in [0.15, 0.2) is 0 Å². The van der Waals surface area contributed by atoms with Gasteiger partial charge in [-0.05, 0) is 38.7 Å².